The highest BCUT2D eigenvalue weighted by Crippen LogP contribution is 2.21. The van der Waals surface area contributed by atoms with Crippen LogP contribution in [0.1, 0.15) is 0 Å². The maximum absolute atomic E-state index is 11.3. The Bertz CT molecular complexity index is 716. The number of H-pyrrole nitrogens is 2. The molecule has 5 N–H and O–H groups in total. The zero-order valence-corrected chi connectivity index (χ0v) is 9.04. The average molecular weight is 247 g/mol. The summed E-state index contributed by atoms with van der Waals surface area (Å²) in [4.78, 5) is 26.1. The first-order chi connectivity index (χ1) is 8.56. The minimum Gasteiger partial charge on any atom is -0.493 e. The highest BCUT2D eigenvalue weighted by Gasteiger charge is 2.06. The van der Waals surface area contributed by atoms with Crippen molar-refractivity contribution < 1.29 is 5.11 Å². The Morgan fingerprint density at radius 2 is 1.94 bits per heavy atom. The molecule has 0 saturated heterocycles. The van der Waals surface area contributed by atoms with Crippen molar-refractivity contribution in [3.63, 3.8) is 0 Å². The van der Waals surface area contributed by atoms with Crippen LogP contribution >= 0.6 is 0 Å². The maximum atomic E-state index is 11.3. The van der Waals surface area contributed by atoms with Gasteiger partial charge in [-0.15, -0.1) is 5.11 Å². The number of nitrogens with one attached hydrogen (secondary N) is 2. The molecule has 1 aromatic carbocycles. The van der Waals surface area contributed by atoms with Crippen LogP contribution in [0.3, 0.4) is 0 Å². The quantitative estimate of drug-likeness (QED) is 0.460. The lowest BCUT2D eigenvalue weighted by molar-refractivity contribution is 0.450. The maximum Gasteiger partial charge on any atom is 0.328 e. The molecule has 0 spiro atoms. The van der Waals surface area contributed by atoms with Crippen LogP contribution in [0.4, 0.5) is 17.1 Å². The molecule has 18 heavy (non-hydrogen) atoms. The Morgan fingerprint density at radius 3 is 2.61 bits per heavy atom. The molecule has 2 aromatic rings. The standard InChI is InChI=1S/C10H9N5O3/c11-5-2-1-3-6(4-5)14-15-7-8(16)12-10(18)13-9(7)17/h1-4H,11H2,(H3,12,13,16,17,18). The Hall–Kier alpha value is -2.90. The summed E-state index contributed by atoms with van der Waals surface area (Å²) in [5.41, 5.74) is 4.42. The predicted octanol–water partition coefficient (Wildman–Crippen LogP) is 0.766. The molecule has 8 heteroatoms. The first kappa shape index (κ1) is 11.6. The van der Waals surface area contributed by atoms with Crippen LogP contribution in [0, 0.1) is 0 Å². The van der Waals surface area contributed by atoms with E-state index in [0.29, 0.717) is 11.4 Å². The molecule has 0 amide bonds. The first-order valence-corrected chi connectivity index (χ1v) is 4.89. The van der Waals surface area contributed by atoms with Crippen LogP contribution in [0.5, 0.6) is 5.88 Å². The SMILES string of the molecule is Nc1cccc(N=Nc2c(O)[nH]c(=O)[nH]c2=O)c1. The Morgan fingerprint density at radius 1 is 1.17 bits per heavy atom. The summed E-state index contributed by atoms with van der Waals surface area (Å²) in [5.74, 6) is -0.642. The molecule has 0 aliphatic heterocycles. The van der Waals surface area contributed by atoms with Crippen LogP contribution in [0.2, 0.25) is 0 Å². The van der Waals surface area contributed by atoms with Crippen molar-refractivity contribution in [2.45, 2.75) is 0 Å². The van der Waals surface area contributed by atoms with E-state index in [2.05, 4.69) is 10.2 Å². The highest BCUT2D eigenvalue weighted by atomic mass is 16.3. The van der Waals surface area contributed by atoms with Crippen molar-refractivity contribution in [2.24, 2.45) is 10.2 Å². The number of aromatic hydroxyl groups is 1. The van der Waals surface area contributed by atoms with E-state index in [1.807, 2.05) is 9.97 Å². The van der Waals surface area contributed by atoms with E-state index in [1.165, 1.54) is 0 Å². The van der Waals surface area contributed by atoms with Gasteiger partial charge in [0, 0.05) is 5.69 Å². The fourth-order valence-corrected chi connectivity index (χ4v) is 1.26. The highest BCUT2D eigenvalue weighted by molar-refractivity contribution is 5.51. The number of rotatable bonds is 2. The molecule has 1 aromatic heterocycles. The zero-order valence-electron chi connectivity index (χ0n) is 9.04. The van der Waals surface area contributed by atoms with Crippen LogP contribution in [0.15, 0.2) is 44.1 Å². The van der Waals surface area contributed by atoms with Gasteiger partial charge in [-0.3, -0.25) is 14.8 Å². The number of nitrogens with two attached hydrogens (primary N) is 1. The van der Waals surface area contributed by atoms with Crippen molar-refractivity contribution in [3.05, 3.63) is 45.1 Å². The Kier molecular flexibility index (Phi) is 2.92. The lowest BCUT2D eigenvalue weighted by atomic mass is 10.3. The number of anilines is 1. The second-order valence-corrected chi connectivity index (χ2v) is 3.40. The third kappa shape index (κ3) is 2.43. The predicted molar refractivity (Wildman–Crippen MR) is 64.4 cm³/mol. The van der Waals surface area contributed by atoms with E-state index in [9.17, 15) is 14.7 Å². The van der Waals surface area contributed by atoms with Gasteiger partial charge in [0.05, 0.1) is 5.69 Å². The van der Waals surface area contributed by atoms with Crippen LogP contribution in [-0.2, 0) is 0 Å². The number of benzene rings is 1. The topological polar surface area (TPSA) is 137 Å². The van der Waals surface area contributed by atoms with Gasteiger partial charge in [-0.05, 0) is 18.2 Å². The smallest absolute Gasteiger partial charge is 0.328 e. The molecule has 0 aliphatic carbocycles. The van der Waals surface area contributed by atoms with Crippen molar-refractivity contribution in [3.8, 4) is 5.88 Å². The van der Waals surface area contributed by atoms with Crippen molar-refractivity contribution >= 4 is 17.1 Å². The van der Waals surface area contributed by atoms with Gasteiger partial charge in [-0.25, -0.2) is 4.79 Å². The van der Waals surface area contributed by atoms with Gasteiger partial charge in [0.1, 0.15) is 0 Å². The molecule has 0 atom stereocenters. The summed E-state index contributed by atoms with van der Waals surface area (Å²) in [7, 11) is 0. The largest absolute Gasteiger partial charge is 0.493 e. The zero-order chi connectivity index (χ0) is 13.1. The third-order valence-corrected chi connectivity index (χ3v) is 2.03. The second kappa shape index (κ2) is 4.53. The molecule has 1 heterocycles. The van der Waals surface area contributed by atoms with E-state index < -0.39 is 17.1 Å². The summed E-state index contributed by atoms with van der Waals surface area (Å²) in [5, 5.41) is 16.6. The number of hydrogen-bond donors (Lipinski definition) is 4. The molecule has 0 saturated carbocycles. The fourth-order valence-electron chi connectivity index (χ4n) is 1.26. The molecule has 8 nitrogen and oxygen atoms in total. The Balaban J connectivity index is 2.41. The average Bonchev–Trinajstić information content (AvgIpc) is 2.27. The molecule has 2 rings (SSSR count). The monoisotopic (exact) mass is 247 g/mol. The van der Waals surface area contributed by atoms with E-state index >= 15 is 0 Å². The van der Waals surface area contributed by atoms with Gasteiger partial charge < -0.3 is 10.8 Å². The van der Waals surface area contributed by atoms with Gasteiger partial charge in [0.25, 0.3) is 5.56 Å². The molecule has 0 radical (unpaired) electrons. The molecule has 0 bridgehead atoms. The minimum atomic E-state index is -0.830. The number of hydrogen-bond acceptors (Lipinski definition) is 6. The summed E-state index contributed by atoms with van der Waals surface area (Å²) in [6, 6.07) is 6.50. The minimum absolute atomic E-state index is 0.378. The number of aromatic amines is 2. The number of nitrogen functional groups attached to an aromatic ring is 1. The Labute approximate surface area is 99.8 Å². The molecule has 0 fully saturated rings. The van der Waals surface area contributed by atoms with Crippen LogP contribution in [-0.4, -0.2) is 15.1 Å². The normalized spacial score (nSPS) is 10.9. The van der Waals surface area contributed by atoms with Crippen molar-refractivity contribution in [1.29, 1.82) is 0 Å². The summed E-state index contributed by atoms with van der Waals surface area (Å²) >= 11 is 0. The third-order valence-electron chi connectivity index (χ3n) is 2.03. The number of aromatic nitrogens is 2. The lowest BCUT2D eigenvalue weighted by Gasteiger charge is -1.96. The fraction of sp³-hybridized carbons (Fsp3) is 0. The number of azo groups is 1. The van der Waals surface area contributed by atoms with Gasteiger partial charge in [-0.2, -0.15) is 5.11 Å². The van der Waals surface area contributed by atoms with Crippen molar-refractivity contribution in [1.82, 2.24) is 9.97 Å². The van der Waals surface area contributed by atoms with Crippen LogP contribution in [0.25, 0.3) is 0 Å². The lowest BCUT2D eigenvalue weighted by Crippen LogP contribution is -2.20. The molecular formula is C10H9N5O3. The van der Waals surface area contributed by atoms with Gasteiger partial charge in [0.2, 0.25) is 11.6 Å². The molecule has 0 aliphatic rings. The van der Waals surface area contributed by atoms with Gasteiger partial charge in [-0.1, -0.05) is 6.07 Å². The van der Waals surface area contributed by atoms with Gasteiger partial charge in [0.15, 0.2) is 0 Å². The molecule has 0 unspecified atom stereocenters. The van der Waals surface area contributed by atoms with E-state index in [-0.39, 0.29) is 5.69 Å². The van der Waals surface area contributed by atoms with Crippen molar-refractivity contribution in [2.75, 3.05) is 5.73 Å². The first-order valence-electron chi connectivity index (χ1n) is 4.89. The summed E-state index contributed by atoms with van der Waals surface area (Å²) in [6.07, 6.45) is 0. The summed E-state index contributed by atoms with van der Waals surface area (Å²) < 4.78 is 0. The molecule has 92 valence electrons. The van der Waals surface area contributed by atoms with E-state index in [0.717, 1.165) is 0 Å². The summed E-state index contributed by atoms with van der Waals surface area (Å²) in [6.45, 7) is 0. The second-order valence-electron chi connectivity index (χ2n) is 3.40. The van der Waals surface area contributed by atoms with Crippen LogP contribution < -0.4 is 17.0 Å². The number of nitrogens with zero attached hydrogens (tertiary/aromatic N) is 2. The van der Waals surface area contributed by atoms with Gasteiger partial charge >= 0.3 is 5.69 Å². The van der Waals surface area contributed by atoms with E-state index in [1.54, 1.807) is 24.3 Å². The molecular weight excluding hydrogens is 238 g/mol. The van der Waals surface area contributed by atoms with E-state index in [4.69, 9.17) is 5.73 Å².